The van der Waals surface area contributed by atoms with E-state index in [-0.39, 0.29) is 25.0 Å². The highest BCUT2D eigenvalue weighted by Crippen LogP contribution is 2.21. The molecule has 0 spiro atoms. The van der Waals surface area contributed by atoms with E-state index in [1.54, 1.807) is 16.7 Å². The zero-order valence-electron chi connectivity index (χ0n) is 15.7. The number of rotatable bonds is 6. The van der Waals surface area contributed by atoms with E-state index >= 15 is 0 Å². The predicted octanol–water partition coefficient (Wildman–Crippen LogP) is 3.90. The fourth-order valence-corrected chi connectivity index (χ4v) is 4.17. The number of nitrogens with zero attached hydrogens (tertiary/aromatic N) is 2. The van der Waals surface area contributed by atoms with Crippen LogP contribution in [0.3, 0.4) is 0 Å². The standard InChI is InChI=1S/C21H17BrN4O3S/c22-18-11-10-17(30-18)21(28)25-24-20(27)12-26-16-9-5-4-8-15(16)23-19(26)13-29-14-6-2-1-3-7-14/h1-11H,12-13H2,(H,24,27)(H,25,28). The van der Waals surface area contributed by atoms with E-state index in [1.165, 1.54) is 11.3 Å². The van der Waals surface area contributed by atoms with Gasteiger partial charge in [-0.2, -0.15) is 0 Å². The van der Waals surface area contributed by atoms with Crippen molar-refractivity contribution in [3.8, 4) is 5.75 Å². The van der Waals surface area contributed by atoms with Crippen molar-refractivity contribution >= 4 is 50.1 Å². The third kappa shape index (κ3) is 4.69. The number of hydrogen-bond donors (Lipinski definition) is 2. The maximum Gasteiger partial charge on any atom is 0.279 e. The highest BCUT2D eigenvalue weighted by Gasteiger charge is 2.15. The largest absolute Gasteiger partial charge is 0.486 e. The highest BCUT2D eigenvalue weighted by molar-refractivity contribution is 9.11. The number of thiophene rings is 1. The normalized spacial score (nSPS) is 10.7. The first-order valence-electron chi connectivity index (χ1n) is 9.06. The topological polar surface area (TPSA) is 85.2 Å². The molecule has 2 heterocycles. The average Bonchev–Trinajstić information content (AvgIpc) is 3.35. The van der Waals surface area contributed by atoms with Crippen molar-refractivity contribution in [1.29, 1.82) is 0 Å². The lowest BCUT2D eigenvalue weighted by molar-refractivity contribution is -0.122. The van der Waals surface area contributed by atoms with Crippen LogP contribution in [0.15, 0.2) is 70.5 Å². The van der Waals surface area contributed by atoms with Crippen molar-refractivity contribution in [2.45, 2.75) is 13.2 Å². The van der Waals surface area contributed by atoms with Crippen molar-refractivity contribution in [2.75, 3.05) is 0 Å². The van der Waals surface area contributed by atoms with Gasteiger partial charge in [0.25, 0.3) is 11.8 Å². The quantitative estimate of drug-likeness (QED) is 0.406. The Morgan fingerprint density at radius 3 is 2.53 bits per heavy atom. The number of hydrazine groups is 1. The molecule has 4 aromatic rings. The number of hydrogen-bond acceptors (Lipinski definition) is 5. The summed E-state index contributed by atoms with van der Waals surface area (Å²) in [4.78, 5) is 29.7. The van der Waals surface area contributed by atoms with Gasteiger partial charge in [0.2, 0.25) is 0 Å². The molecule has 0 aliphatic carbocycles. The smallest absolute Gasteiger partial charge is 0.279 e. The fourth-order valence-electron chi connectivity index (χ4n) is 2.88. The van der Waals surface area contributed by atoms with E-state index in [1.807, 2.05) is 54.6 Å². The van der Waals surface area contributed by atoms with E-state index in [0.717, 1.165) is 20.6 Å². The van der Waals surface area contributed by atoms with Gasteiger partial charge in [0.15, 0.2) is 0 Å². The minimum atomic E-state index is -0.373. The maximum absolute atomic E-state index is 12.5. The van der Waals surface area contributed by atoms with Gasteiger partial charge in [-0.1, -0.05) is 30.3 Å². The molecule has 0 unspecified atom stereocenters. The second kappa shape index (κ2) is 9.10. The third-order valence-electron chi connectivity index (χ3n) is 4.26. The Morgan fingerprint density at radius 2 is 1.77 bits per heavy atom. The molecule has 9 heteroatoms. The molecule has 30 heavy (non-hydrogen) atoms. The molecule has 2 amide bonds. The minimum Gasteiger partial charge on any atom is -0.486 e. The third-order valence-corrected chi connectivity index (χ3v) is 5.88. The van der Waals surface area contributed by atoms with Crippen molar-refractivity contribution in [2.24, 2.45) is 0 Å². The van der Waals surface area contributed by atoms with Gasteiger partial charge in [-0.3, -0.25) is 20.4 Å². The van der Waals surface area contributed by atoms with Gasteiger partial charge in [0, 0.05) is 0 Å². The Balaban J connectivity index is 1.46. The number of imidazole rings is 1. The Bertz CT molecular complexity index is 1190. The van der Waals surface area contributed by atoms with Crippen LogP contribution >= 0.6 is 27.3 Å². The first-order valence-corrected chi connectivity index (χ1v) is 10.7. The zero-order chi connectivity index (χ0) is 20.9. The molecule has 2 aromatic carbocycles. The Kier molecular flexibility index (Phi) is 6.10. The summed E-state index contributed by atoms with van der Waals surface area (Å²) in [6.45, 7) is 0.198. The molecular formula is C21H17BrN4O3S. The van der Waals surface area contributed by atoms with Crippen LogP contribution in [0, 0.1) is 0 Å². The molecule has 4 rings (SSSR count). The van der Waals surface area contributed by atoms with Gasteiger partial charge < -0.3 is 9.30 Å². The van der Waals surface area contributed by atoms with Crippen LogP contribution in [0.4, 0.5) is 0 Å². The number of carbonyl (C=O) groups is 2. The van der Waals surface area contributed by atoms with Gasteiger partial charge in [-0.15, -0.1) is 11.3 Å². The van der Waals surface area contributed by atoms with Crippen molar-refractivity contribution in [1.82, 2.24) is 20.4 Å². The highest BCUT2D eigenvalue weighted by atomic mass is 79.9. The SMILES string of the molecule is O=C(Cn1c(COc2ccccc2)nc2ccccc21)NNC(=O)c1ccc(Br)s1. The molecule has 0 atom stereocenters. The van der Waals surface area contributed by atoms with E-state index in [4.69, 9.17) is 4.74 Å². The second-order valence-electron chi connectivity index (χ2n) is 6.31. The summed E-state index contributed by atoms with van der Waals surface area (Å²) in [6.07, 6.45) is 0. The predicted molar refractivity (Wildman–Crippen MR) is 118 cm³/mol. The van der Waals surface area contributed by atoms with Gasteiger partial charge in [0.05, 0.1) is 19.7 Å². The number of carbonyl (C=O) groups excluding carboxylic acids is 2. The van der Waals surface area contributed by atoms with Gasteiger partial charge in [-0.25, -0.2) is 4.98 Å². The van der Waals surface area contributed by atoms with Crippen LogP contribution in [-0.2, 0) is 17.9 Å². The lowest BCUT2D eigenvalue weighted by Gasteiger charge is -2.11. The number of amides is 2. The maximum atomic E-state index is 12.5. The van der Waals surface area contributed by atoms with E-state index in [0.29, 0.717) is 10.7 Å². The molecule has 0 aliphatic heterocycles. The number of benzene rings is 2. The Labute approximate surface area is 184 Å². The number of aromatic nitrogens is 2. The van der Waals surface area contributed by atoms with Crippen molar-refractivity contribution in [3.05, 3.63) is 81.2 Å². The molecule has 0 radical (unpaired) electrons. The monoisotopic (exact) mass is 484 g/mol. The summed E-state index contributed by atoms with van der Waals surface area (Å²) in [5, 5.41) is 0. The Morgan fingerprint density at radius 1 is 1.00 bits per heavy atom. The summed E-state index contributed by atoms with van der Waals surface area (Å²) in [7, 11) is 0. The molecule has 152 valence electrons. The molecule has 2 N–H and O–H groups in total. The van der Waals surface area contributed by atoms with Crippen LogP contribution in [0.25, 0.3) is 11.0 Å². The molecular weight excluding hydrogens is 468 g/mol. The van der Waals surface area contributed by atoms with Gasteiger partial charge in [0.1, 0.15) is 24.7 Å². The number of ether oxygens (including phenoxy) is 1. The Hall–Kier alpha value is -3.17. The number of nitrogens with one attached hydrogen (secondary N) is 2. The van der Waals surface area contributed by atoms with Crippen LogP contribution in [0.1, 0.15) is 15.5 Å². The molecule has 0 saturated heterocycles. The van der Waals surface area contributed by atoms with E-state index in [2.05, 4.69) is 31.8 Å². The van der Waals surface area contributed by atoms with Crippen LogP contribution in [-0.4, -0.2) is 21.4 Å². The second-order valence-corrected chi connectivity index (χ2v) is 8.77. The summed E-state index contributed by atoms with van der Waals surface area (Å²) < 4.78 is 8.43. The lowest BCUT2D eigenvalue weighted by Crippen LogP contribution is -2.43. The van der Waals surface area contributed by atoms with Crippen molar-refractivity contribution in [3.63, 3.8) is 0 Å². The van der Waals surface area contributed by atoms with Crippen LogP contribution in [0.2, 0.25) is 0 Å². The summed E-state index contributed by atoms with van der Waals surface area (Å²) in [6, 6.07) is 20.4. The van der Waals surface area contributed by atoms with Crippen LogP contribution in [0.5, 0.6) is 5.75 Å². The van der Waals surface area contributed by atoms with E-state index in [9.17, 15) is 9.59 Å². The minimum absolute atomic E-state index is 0.0115. The molecule has 2 aromatic heterocycles. The molecule has 0 saturated carbocycles. The first-order chi connectivity index (χ1) is 14.6. The molecule has 7 nitrogen and oxygen atoms in total. The molecule has 0 bridgehead atoms. The van der Waals surface area contributed by atoms with Crippen LogP contribution < -0.4 is 15.6 Å². The summed E-state index contributed by atoms with van der Waals surface area (Å²) in [5.41, 5.74) is 6.47. The van der Waals surface area contributed by atoms with Gasteiger partial charge >= 0.3 is 0 Å². The summed E-state index contributed by atoms with van der Waals surface area (Å²) >= 11 is 4.60. The van der Waals surface area contributed by atoms with E-state index < -0.39 is 0 Å². The molecule has 0 fully saturated rings. The zero-order valence-corrected chi connectivity index (χ0v) is 18.1. The van der Waals surface area contributed by atoms with Crippen molar-refractivity contribution < 1.29 is 14.3 Å². The number of halogens is 1. The fraction of sp³-hybridized carbons (Fsp3) is 0.0952. The first kappa shape index (κ1) is 20.1. The number of para-hydroxylation sites is 3. The van der Waals surface area contributed by atoms with Gasteiger partial charge in [-0.05, 0) is 52.3 Å². The summed E-state index contributed by atoms with van der Waals surface area (Å²) in [5.74, 6) is 0.587. The number of fused-ring (bicyclic) bond motifs is 1. The average molecular weight is 485 g/mol. The lowest BCUT2D eigenvalue weighted by atomic mass is 10.3. The molecule has 0 aliphatic rings.